The summed E-state index contributed by atoms with van der Waals surface area (Å²) in [5.41, 5.74) is 5.84. The molecule has 178 valence electrons. The Kier molecular flexibility index (Phi) is 6.35. The fourth-order valence-electron chi connectivity index (χ4n) is 4.74. The summed E-state index contributed by atoms with van der Waals surface area (Å²) < 4.78 is 0.531. The summed E-state index contributed by atoms with van der Waals surface area (Å²) >= 11 is 2.43. The highest BCUT2D eigenvalue weighted by Crippen LogP contribution is 2.41. The summed E-state index contributed by atoms with van der Waals surface area (Å²) in [6.07, 6.45) is 1.82. The number of thioether (sulfide) groups is 1. The number of carbonyl (C=O) groups excluding carboxylic acids is 2. The van der Waals surface area contributed by atoms with Gasteiger partial charge in [-0.2, -0.15) is 0 Å². The van der Waals surface area contributed by atoms with E-state index in [0.29, 0.717) is 22.4 Å². The lowest BCUT2D eigenvalue weighted by Gasteiger charge is -2.50. The number of aliphatic hydroxyl groups excluding tert-OH is 1. The van der Waals surface area contributed by atoms with Crippen molar-refractivity contribution >= 4 is 51.7 Å². The topological polar surface area (TPSA) is 178 Å². The zero-order valence-corrected chi connectivity index (χ0v) is 19.4. The first-order valence-electron chi connectivity index (χ1n) is 10.3. The molecule has 0 radical (unpaired) electrons. The van der Waals surface area contributed by atoms with Crippen LogP contribution in [0.3, 0.4) is 0 Å². The van der Waals surface area contributed by atoms with E-state index in [2.05, 4.69) is 15.5 Å². The molecule has 6 N–H and O–H groups in total. The highest BCUT2D eigenvalue weighted by Gasteiger charge is 2.55. The van der Waals surface area contributed by atoms with E-state index >= 15 is 0 Å². The highest BCUT2D eigenvalue weighted by molar-refractivity contribution is 8.00. The number of aliphatic hydroxyl groups is 1. The van der Waals surface area contributed by atoms with Crippen LogP contribution >= 0.6 is 23.1 Å². The Morgan fingerprint density at radius 2 is 2.21 bits per heavy atom. The van der Waals surface area contributed by atoms with E-state index in [4.69, 9.17) is 5.73 Å². The second-order valence-corrected chi connectivity index (χ2v) is 10.5. The predicted octanol–water partition coefficient (Wildman–Crippen LogP) is -0.756. The van der Waals surface area contributed by atoms with Gasteiger partial charge in [0.1, 0.15) is 35.4 Å². The molecule has 3 unspecified atom stereocenters. The predicted molar refractivity (Wildman–Crippen MR) is 121 cm³/mol. The van der Waals surface area contributed by atoms with Gasteiger partial charge in [0.25, 0.3) is 11.8 Å². The van der Waals surface area contributed by atoms with Gasteiger partial charge < -0.3 is 31.0 Å². The number of carboxylic acid groups (broad SMARTS) is 1. The Balaban J connectivity index is 1.52. The number of amides is 2. The second kappa shape index (κ2) is 8.93. The van der Waals surface area contributed by atoms with Crippen LogP contribution in [-0.2, 0) is 14.4 Å². The van der Waals surface area contributed by atoms with Gasteiger partial charge in [-0.1, -0.05) is 5.16 Å². The van der Waals surface area contributed by atoms with E-state index in [0.717, 1.165) is 30.7 Å². The number of likely N-dealkylation sites (tertiary alicyclic amines) is 1. The largest absolute Gasteiger partial charge is 0.477 e. The third kappa shape index (κ3) is 4.07. The van der Waals surface area contributed by atoms with Crippen molar-refractivity contribution < 1.29 is 34.3 Å². The number of nitrogens with zero attached hydrogens (tertiary/aromatic N) is 4. The van der Waals surface area contributed by atoms with Crippen LogP contribution in [0.1, 0.15) is 18.5 Å². The number of nitrogens with one attached hydrogen (secondary N) is 1. The maximum absolute atomic E-state index is 12.9. The van der Waals surface area contributed by atoms with Crippen molar-refractivity contribution in [2.45, 2.75) is 30.3 Å². The molecule has 2 saturated heterocycles. The molecule has 0 bridgehead atoms. The molecule has 33 heavy (non-hydrogen) atoms. The standard InChI is InChI=1S/C19H24N6O6S2/c1-25(4-2-3-10(25)6-26)5-9-7-32-17-13(16(28)24(17)14(9)18(29)30)22-15(27)12(23-31)11-8-33-19(20)21-11/h8,10,13,17,26H,2-7H2,1H3,(H4-,20,21,22,27,29,30,31)/p+1/t10?,13?,17-,25?/m1/s1. The summed E-state index contributed by atoms with van der Waals surface area (Å²) in [6.45, 7) is 1.28. The van der Waals surface area contributed by atoms with Crippen molar-refractivity contribution in [1.29, 1.82) is 0 Å². The molecule has 4 heterocycles. The zero-order chi connectivity index (χ0) is 23.9. The Morgan fingerprint density at radius 3 is 2.82 bits per heavy atom. The van der Waals surface area contributed by atoms with E-state index in [9.17, 15) is 29.8 Å². The third-order valence-corrected chi connectivity index (χ3v) is 8.48. The Bertz CT molecular complexity index is 1060. The maximum atomic E-state index is 12.9. The Hall–Kier alpha value is -2.68. The second-order valence-electron chi connectivity index (χ2n) is 8.48. The molecular weight excluding hydrogens is 472 g/mol. The average Bonchev–Trinajstić information content (AvgIpc) is 3.37. The fraction of sp³-hybridized carbons (Fsp3) is 0.526. The van der Waals surface area contributed by atoms with Gasteiger partial charge in [-0.15, -0.1) is 23.1 Å². The maximum Gasteiger partial charge on any atom is 0.352 e. The monoisotopic (exact) mass is 497 g/mol. The molecule has 2 fully saturated rings. The number of carboxylic acids is 1. The molecule has 3 aliphatic rings. The number of thiazole rings is 1. The zero-order valence-electron chi connectivity index (χ0n) is 17.8. The minimum atomic E-state index is -1.20. The summed E-state index contributed by atoms with van der Waals surface area (Å²) in [4.78, 5) is 42.8. The number of fused-ring (bicyclic) bond motifs is 1. The van der Waals surface area contributed by atoms with Crippen LogP contribution in [0.5, 0.6) is 0 Å². The number of β-lactam (4-membered cyclic amide) rings is 1. The number of hydrogen-bond donors (Lipinski definition) is 5. The van der Waals surface area contributed by atoms with Crippen LogP contribution in [0.15, 0.2) is 21.8 Å². The third-order valence-electron chi connectivity index (χ3n) is 6.47. The number of likely N-dealkylation sites (N-methyl/N-ethyl adjacent to an activating group) is 1. The molecule has 4 atom stereocenters. The molecule has 14 heteroatoms. The first-order chi connectivity index (χ1) is 15.7. The van der Waals surface area contributed by atoms with E-state index in [1.54, 1.807) is 0 Å². The van der Waals surface area contributed by atoms with Crippen LogP contribution in [0.4, 0.5) is 5.13 Å². The van der Waals surface area contributed by atoms with Crippen molar-refractivity contribution in [3.8, 4) is 0 Å². The minimum Gasteiger partial charge on any atom is -0.477 e. The molecule has 0 saturated carbocycles. The minimum absolute atomic E-state index is 0.0259. The number of hydrogen-bond acceptors (Lipinski definition) is 10. The molecule has 1 aromatic rings. The Labute approximate surface area is 197 Å². The van der Waals surface area contributed by atoms with Gasteiger partial charge in [0.15, 0.2) is 10.8 Å². The number of anilines is 1. The summed E-state index contributed by atoms with van der Waals surface area (Å²) in [7, 11) is 2.00. The smallest absolute Gasteiger partial charge is 0.352 e. The molecule has 0 spiro atoms. The number of aromatic nitrogens is 1. The summed E-state index contributed by atoms with van der Waals surface area (Å²) in [5.74, 6) is -2.17. The quantitative estimate of drug-likeness (QED) is 0.106. The van der Waals surface area contributed by atoms with E-state index in [1.807, 2.05) is 7.05 Å². The number of carbonyl (C=O) groups is 3. The SMILES string of the molecule is C[N+]1(CC2=C(C(=O)O)N3C(=O)C(NC(=O)C(=NO)c4csc(N)n4)[C@H]3SC2)CCCC1CO. The Morgan fingerprint density at radius 1 is 1.45 bits per heavy atom. The van der Waals surface area contributed by atoms with Gasteiger partial charge in [-0.3, -0.25) is 14.5 Å². The summed E-state index contributed by atoms with van der Waals surface area (Å²) in [5, 5.41) is 35.4. The lowest BCUT2D eigenvalue weighted by molar-refractivity contribution is -0.917. The van der Waals surface area contributed by atoms with Crippen LogP contribution in [0.25, 0.3) is 0 Å². The first kappa shape index (κ1) is 23.5. The number of oxime groups is 1. The normalized spacial score (nSPS) is 29.6. The molecule has 0 aromatic carbocycles. The van der Waals surface area contributed by atoms with Crippen molar-refractivity contribution in [2.24, 2.45) is 5.16 Å². The molecule has 2 amide bonds. The van der Waals surface area contributed by atoms with E-state index in [1.165, 1.54) is 22.0 Å². The molecule has 12 nitrogen and oxygen atoms in total. The van der Waals surface area contributed by atoms with Crippen molar-refractivity contribution in [3.05, 3.63) is 22.3 Å². The van der Waals surface area contributed by atoms with Gasteiger partial charge in [0.2, 0.25) is 0 Å². The van der Waals surface area contributed by atoms with E-state index < -0.39 is 29.2 Å². The first-order valence-corrected chi connectivity index (χ1v) is 12.2. The number of nitrogen functional groups attached to an aromatic ring is 1. The lowest BCUT2D eigenvalue weighted by Crippen LogP contribution is -2.71. The number of rotatable bonds is 7. The van der Waals surface area contributed by atoms with Gasteiger partial charge in [0.05, 0.1) is 20.2 Å². The number of quaternary nitrogens is 1. The molecule has 3 aliphatic heterocycles. The lowest BCUT2D eigenvalue weighted by atomic mass is 10.0. The number of nitrogens with two attached hydrogens (primary N) is 1. The van der Waals surface area contributed by atoms with Gasteiger partial charge in [-0.25, -0.2) is 9.78 Å². The van der Waals surface area contributed by atoms with Gasteiger partial charge >= 0.3 is 5.97 Å². The van der Waals surface area contributed by atoms with E-state index in [-0.39, 0.29) is 34.9 Å². The van der Waals surface area contributed by atoms with Crippen LogP contribution in [-0.4, -0.2) is 103 Å². The molecule has 1 aromatic heterocycles. The highest BCUT2D eigenvalue weighted by atomic mass is 32.2. The van der Waals surface area contributed by atoms with Crippen molar-refractivity contribution in [1.82, 2.24) is 15.2 Å². The van der Waals surface area contributed by atoms with Crippen LogP contribution < -0.4 is 11.1 Å². The van der Waals surface area contributed by atoms with Crippen LogP contribution in [0, 0.1) is 0 Å². The summed E-state index contributed by atoms with van der Waals surface area (Å²) in [6, 6.07) is -0.932. The number of aliphatic carboxylic acids is 1. The van der Waals surface area contributed by atoms with Gasteiger partial charge in [0, 0.05) is 29.5 Å². The fourth-order valence-corrected chi connectivity index (χ4v) is 6.62. The molecular formula is C19H25N6O6S2+. The average molecular weight is 498 g/mol. The molecule has 0 aliphatic carbocycles. The van der Waals surface area contributed by atoms with Crippen molar-refractivity contribution in [3.63, 3.8) is 0 Å². The van der Waals surface area contributed by atoms with Gasteiger partial charge in [-0.05, 0) is 0 Å². The van der Waals surface area contributed by atoms with Crippen molar-refractivity contribution in [2.75, 3.05) is 38.2 Å². The van der Waals surface area contributed by atoms with Crippen LogP contribution in [0.2, 0.25) is 0 Å². The molecule has 4 rings (SSSR count).